The van der Waals surface area contributed by atoms with Gasteiger partial charge >= 0.3 is 0 Å². The molecule has 0 aliphatic carbocycles. The number of carbonyl (C=O) groups excluding carboxylic acids is 1. The second-order valence-electron chi connectivity index (χ2n) is 6.33. The van der Waals surface area contributed by atoms with Gasteiger partial charge in [-0.25, -0.2) is 0 Å². The van der Waals surface area contributed by atoms with Crippen LogP contribution in [0.1, 0.15) is 29.4 Å². The zero-order valence-corrected chi connectivity index (χ0v) is 15.1. The Morgan fingerprint density at radius 3 is 2.88 bits per heavy atom. The maximum absolute atomic E-state index is 12.9. The summed E-state index contributed by atoms with van der Waals surface area (Å²) >= 11 is 0. The predicted octanol–water partition coefficient (Wildman–Crippen LogP) is 2.90. The van der Waals surface area contributed by atoms with Gasteiger partial charge in [-0.3, -0.25) is 9.48 Å². The number of hydrogen-bond donors (Lipinski definition) is 1. The second kappa shape index (κ2) is 7.01. The number of rotatable bonds is 6. The van der Waals surface area contributed by atoms with Gasteiger partial charge in [0.15, 0.2) is 0 Å². The van der Waals surface area contributed by atoms with Gasteiger partial charge in [-0.2, -0.15) is 5.10 Å². The van der Waals surface area contributed by atoms with Crippen molar-refractivity contribution in [3.05, 3.63) is 47.9 Å². The van der Waals surface area contributed by atoms with Crippen molar-refractivity contribution in [1.29, 1.82) is 0 Å². The first kappa shape index (κ1) is 17.1. The Bertz CT molecular complexity index is 881. The highest BCUT2D eigenvalue weighted by Crippen LogP contribution is 2.28. The quantitative estimate of drug-likeness (QED) is 0.750. The van der Waals surface area contributed by atoms with Gasteiger partial charge in [0.25, 0.3) is 5.91 Å². The maximum atomic E-state index is 12.9. The summed E-state index contributed by atoms with van der Waals surface area (Å²) in [6.45, 7) is 4.76. The van der Waals surface area contributed by atoms with Crippen molar-refractivity contribution in [1.82, 2.24) is 19.7 Å². The molecule has 6 heteroatoms. The van der Waals surface area contributed by atoms with E-state index in [0.29, 0.717) is 5.56 Å². The number of amides is 1. The number of methoxy groups -OCH3 is 1. The Labute approximate surface area is 147 Å². The van der Waals surface area contributed by atoms with Crippen LogP contribution in [0.15, 0.2) is 36.7 Å². The van der Waals surface area contributed by atoms with Crippen molar-refractivity contribution in [2.75, 3.05) is 7.11 Å². The zero-order chi connectivity index (χ0) is 18.0. The van der Waals surface area contributed by atoms with Crippen LogP contribution in [0.2, 0.25) is 0 Å². The Morgan fingerprint density at radius 2 is 2.20 bits per heavy atom. The van der Waals surface area contributed by atoms with Crippen LogP contribution in [-0.4, -0.2) is 33.4 Å². The topological polar surface area (TPSA) is 61.1 Å². The summed E-state index contributed by atoms with van der Waals surface area (Å²) < 4.78 is 9.23. The van der Waals surface area contributed by atoms with E-state index in [1.807, 2.05) is 60.6 Å². The molecular formula is C19H24N4O2. The SMILES string of the molecule is COc1ccc2c(c1)c(C(=O)NC(C)CCn1cccn1)c(C)n2C. The first-order valence-electron chi connectivity index (χ1n) is 8.42. The number of aryl methyl sites for hydroxylation is 2. The monoisotopic (exact) mass is 340 g/mol. The molecule has 1 atom stereocenters. The van der Waals surface area contributed by atoms with Gasteiger partial charge in [0.2, 0.25) is 0 Å². The lowest BCUT2D eigenvalue weighted by molar-refractivity contribution is 0.0938. The molecule has 132 valence electrons. The van der Waals surface area contributed by atoms with E-state index in [4.69, 9.17) is 4.74 Å². The first-order valence-corrected chi connectivity index (χ1v) is 8.42. The number of ether oxygens (including phenoxy) is 1. The smallest absolute Gasteiger partial charge is 0.253 e. The molecule has 0 radical (unpaired) electrons. The molecule has 0 bridgehead atoms. The molecule has 0 spiro atoms. The Balaban J connectivity index is 1.80. The molecule has 1 N–H and O–H groups in total. The van der Waals surface area contributed by atoms with Crippen molar-refractivity contribution in [2.24, 2.45) is 7.05 Å². The van der Waals surface area contributed by atoms with Crippen molar-refractivity contribution in [3.8, 4) is 5.75 Å². The first-order chi connectivity index (χ1) is 12.0. The average Bonchev–Trinajstić information content (AvgIpc) is 3.20. The van der Waals surface area contributed by atoms with Gasteiger partial charge in [-0.15, -0.1) is 0 Å². The minimum Gasteiger partial charge on any atom is -0.497 e. The van der Waals surface area contributed by atoms with E-state index < -0.39 is 0 Å². The Morgan fingerprint density at radius 1 is 1.40 bits per heavy atom. The van der Waals surface area contributed by atoms with E-state index in [1.54, 1.807) is 13.3 Å². The van der Waals surface area contributed by atoms with Crippen LogP contribution in [0, 0.1) is 6.92 Å². The van der Waals surface area contributed by atoms with E-state index in [1.165, 1.54) is 0 Å². The zero-order valence-electron chi connectivity index (χ0n) is 15.1. The predicted molar refractivity (Wildman–Crippen MR) is 98.0 cm³/mol. The second-order valence-corrected chi connectivity index (χ2v) is 6.33. The third-order valence-corrected chi connectivity index (χ3v) is 4.65. The van der Waals surface area contributed by atoms with Crippen LogP contribution in [0.25, 0.3) is 10.9 Å². The molecule has 1 amide bonds. The number of aromatic nitrogens is 3. The molecular weight excluding hydrogens is 316 g/mol. The molecule has 1 aromatic carbocycles. The van der Waals surface area contributed by atoms with Crippen LogP contribution in [0.4, 0.5) is 0 Å². The molecule has 6 nitrogen and oxygen atoms in total. The molecule has 0 aliphatic rings. The summed E-state index contributed by atoms with van der Waals surface area (Å²) in [6.07, 6.45) is 4.51. The molecule has 25 heavy (non-hydrogen) atoms. The summed E-state index contributed by atoms with van der Waals surface area (Å²) in [7, 11) is 3.61. The fraction of sp³-hybridized carbons (Fsp3) is 0.368. The van der Waals surface area contributed by atoms with Crippen LogP contribution >= 0.6 is 0 Å². The van der Waals surface area contributed by atoms with Crippen LogP contribution < -0.4 is 10.1 Å². The standard InChI is InChI=1S/C19H24N4O2/c1-13(8-11-23-10-5-9-20-23)21-19(24)18-14(2)22(3)17-7-6-15(25-4)12-16(17)18/h5-7,9-10,12-13H,8,11H2,1-4H3,(H,21,24). The number of hydrogen-bond acceptors (Lipinski definition) is 3. The minimum atomic E-state index is -0.0516. The van der Waals surface area contributed by atoms with Crippen LogP contribution in [-0.2, 0) is 13.6 Å². The summed E-state index contributed by atoms with van der Waals surface area (Å²) in [6, 6.07) is 7.77. The average molecular weight is 340 g/mol. The van der Waals surface area contributed by atoms with E-state index >= 15 is 0 Å². The van der Waals surface area contributed by atoms with E-state index in [-0.39, 0.29) is 11.9 Å². The number of fused-ring (bicyclic) bond motifs is 1. The third-order valence-electron chi connectivity index (χ3n) is 4.65. The van der Waals surface area contributed by atoms with Crippen LogP contribution in [0.5, 0.6) is 5.75 Å². The van der Waals surface area contributed by atoms with Gasteiger partial charge in [-0.05, 0) is 44.5 Å². The molecule has 3 rings (SSSR count). The van der Waals surface area contributed by atoms with Crippen LogP contribution in [0.3, 0.4) is 0 Å². The van der Waals surface area contributed by atoms with E-state index in [2.05, 4.69) is 10.4 Å². The molecule has 3 aromatic rings. The molecule has 2 heterocycles. The van der Waals surface area contributed by atoms with Gasteiger partial charge in [0.1, 0.15) is 5.75 Å². The number of carbonyl (C=O) groups is 1. The fourth-order valence-electron chi connectivity index (χ4n) is 3.09. The highest BCUT2D eigenvalue weighted by atomic mass is 16.5. The highest BCUT2D eigenvalue weighted by molar-refractivity contribution is 6.08. The third kappa shape index (κ3) is 3.38. The van der Waals surface area contributed by atoms with Crippen molar-refractivity contribution < 1.29 is 9.53 Å². The molecule has 0 aliphatic heterocycles. The van der Waals surface area contributed by atoms with Gasteiger partial charge in [0, 0.05) is 48.6 Å². The van der Waals surface area contributed by atoms with Crippen molar-refractivity contribution in [3.63, 3.8) is 0 Å². The number of nitrogens with zero attached hydrogens (tertiary/aromatic N) is 3. The Kier molecular flexibility index (Phi) is 4.79. The summed E-state index contributed by atoms with van der Waals surface area (Å²) in [5, 5.41) is 8.21. The van der Waals surface area contributed by atoms with Crippen molar-refractivity contribution in [2.45, 2.75) is 32.9 Å². The largest absolute Gasteiger partial charge is 0.497 e. The summed E-state index contributed by atoms with van der Waals surface area (Å²) in [5.41, 5.74) is 2.68. The van der Waals surface area contributed by atoms with Gasteiger partial charge in [0.05, 0.1) is 12.7 Å². The summed E-state index contributed by atoms with van der Waals surface area (Å²) in [5.74, 6) is 0.697. The van der Waals surface area contributed by atoms with Gasteiger partial charge in [-0.1, -0.05) is 0 Å². The van der Waals surface area contributed by atoms with E-state index in [9.17, 15) is 4.79 Å². The van der Waals surface area contributed by atoms with E-state index in [0.717, 1.165) is 35.3 Å². The minimum absolute atomic E-state index is 0.0516. The molecule has 0 saturated heterocycles. The molecule has 0 fully saturated rings. The Hall–Kier alpha value is -2.76. The number of nitrogens with one attached hydrogen (secondary N) is 1. The van der Waals surface area contributed by atoms with Crippen molar-refractivity contribution >= 4 is 16.8 Å². The molecule has 0 saturated carbocycles. The lowest BCUT2D eigenvalue weighted by atomic mass is 10.1. The lowest BCUT2D eigenvalue weighted by Crippen LogP contribution is -2.33. The lowest BCUT2D eigenvalue weighted by Gasteiger charge is -2.14. The molecule has 2 aromatic heterocycles. The summed E-state index contributed by atoms with van der Waals surface area (Å²) in [4.78, 5) is 12.9. The maximum Gasteiger partial charge on any atom is 0.253 e. The normalized spacial score (nSPS) is 12.3. The number of benzene rings is 1. The molecule has 1 unspecified atom stereocenters. The fourth-order valence-corrected chi connectivity index (χ4v) is 3.09. The van der Waals surface area contributed by atoms with Gasteiger partial charge < -0.3 is 14.6 Å². The highest BCUT2D eigenvalue weighted by Gasteiger charge is 2.20.